The molecule has 0 aliphatic carbocycles. The highest BCUT2D eigenvalue weighted by Crippen LogP contribution is 2.47. The maximum Gasteiger partial charge on any atom is 0.306 e. The van der Waals surface area contributed by atoms with E-state index in [-0.39, 0.29) is 25.5 Å². The second-order valence-corrected chi connectivity index (χ2v) is 8.88. The van der Waals surface area contributed by atoms with Gasteiger partial charge in [-0.1, -0.05) is 59.2 Å². The summed E-state index contributed by atoms with van der Waals surface area (Å²) >= 11 is 13.5. The standard InChI is InChI=1S/C24H19Cl2NO4S/c25-16-11-12-20(17(26)14-16)30-13-5-10-24(29)31-15-23(28)27-18-6-1-3-8-21(18)32-22-9-4-2-7-19(22)27/h1-4,6-9,11-12,14H,5,10,13,15H2. The van der Waals surface area contributed by atoms with Gasteiger partial charge in [-0.3, -0.25) is 14.5 Å². The van der Waals surface area contributed by atoms with Gasteiger partial charge in [0.1, 0.15) is 5.75 Å². The number of nitrogens with zero attached hydrogens (tertiary/aromatic N) is 1. The maximum absolute atomic E-state index is 13.0. The second kappa shape index (κ2) is 10.3. The van der Waals surface area contributed by atoms with Gasteiger partial charge < -0.3 is 9.47 Å². The van der Waals surface area contributed by atoms with E-state index in [1.807, 2.05) is 48.5 Å². The van der Waals surface area contributed by atoms with E-state index < -0.39 is 5.97 Å². The van der Waals surface area contributed by atoms with Crippen molar-refractivity contribution in [2.45, 2.75) is 22.6 Å². The number of hydrogen-bond acceptors (Lipinski definition) is 5. The lowest BCUT2D eigenvalue weighted by molar-refractivity contribution is -0.147. The number of carbonyl (C=O) groups excluding carboxylic acids is 2. The van der Waals surface area contributed by atoms with Gasteiger partial charge in [-0.15, -0.1) is 0 Å². The average molecular weight is 488 g/mol. The molecule has 4 rings (SSSR count). The van der Waals surface area contributed by atoms with E-state index in [0.29, 0.717) is 22.2 Å². The highest BCUT2D eigenvalue weighted by Gasteiger charge is 2.28. The molecule has 0 N–H and O–H groups in total. The molecule has 0 atom stereocenters. The SMILES string of the molecule is O=C(CCCOc1ccc(Cl)cc1Cl)OCC(=O)N1c2ccccc2Sc2ccccc21. The van der Waals surface area contributed by atoms with E-state index in [9.17, 15) is 9.59 Å². The van der Waals surface area contributed by atoms with Gasteiger partial charge in [0.15, 0.2) is 6.61 Å². The third kappa shape index (κ3) is 5.21. The second-order valence-electron chi connectivity index (χ2n) is 6.95. The monoisotopic (exact) mass is 487 g/mol. The van der Waals surface area contributed by atoms with E-state index in [0.717, 1.165) is 21.2 Å². The van der Waals surface area contributed by atoms with E-state index >= 15 is 0 Å². The first-order chi connectivity index (χ1) is 15.5. The molecule has 1 aliphatic rings. The van der Waals surface area contributed by atoms with Crippen LogP contribution in [0.5, 0.6) is 5.75 Å². The Bertz CT molecular complexity index is 1110. The predicted octanol–water partition coefficient (Wildman–Crippen LogP) is 6.53. The van der Waals surface area contributed by atoms with Crippen LogP contribution in [0.15, 0.2) is 76.5 Å². The number of carbonyl (C=O) groups is 2. The Morgan fingerprint density at radius 1 is 0.906 bits per heavy atom. The number of rotatable bonds is 7. The summed E-state index contributed by atoms with van der Waals surface area (Å²) in [7, 11) is 0. The molecule has 1 heterocycles. The number of anilines is 2. The van der Waals surface area contributed by atoms with Crippen LogP contribution in [0.1, 0.15) is 12.8 Å². The fourth-order valence-corrected chi connectivity index (χ4v) is 4.76. The first kappa shape index (κ1) is 22.5. The zero-order valence-electron chi connectivity index (χ0n) is 16.9. The lowest BCUT2D eigenvalue weighted by Gasteiger charge is -2.30. The Morgan fingerprint density at radius 3 is 2.22 bits per heavy atom. The number of hydrogen-bond donors (Lipinski definition) is 0. The summed E-state index contributed by atoms with van der Waals surface area (Å²) in [6.45, 7) is -0.0511. The molecule has 5 nitrogen and oxygen atoms in total. The lowest BCUT2D eigenvalue weighted by atomic mass is 10.2. The fourth-order valence-electron chi connectivity index (χ4n) is 3.24. The van der Waals surface area contributed by atoms with Gasteiger partial charge in [0, 0.05) is 21.2 Å². The topological polar surface area (TPSA) is 55.8 Å². The summed E-state index contributed by atoms with van der Waals surface area (Å²) in [5.41, 5.74) is 1.57. The van der Waals surface area contributed by atoms with Crippen LogP contribution in [0, 0.1) is 0 Å². The zero-order chi connectivity index (χ0) is 22.5. The van der Waals surface area contributed by atoms with Crippen LogP contribution in [0.4, 0.5) is 11.4 Å². The smallest absolute Gasteiger partial charge is 0.306 e. The number of benzene rings is 3. The first-order valence-electron chi connectivity index (χ1n) is 9.95. The molecule has 0 bridgehead atoms. The largest absolute Gasteiger partial charge is 0.492 e. The molecular formula is C24H19Cl2NO4S. The Morgan fingerprint density at radius 2 is 1.56 bits per heavy atom. The highest BCUT2D eigenvalue weighted by atomic mass is 35.5. The van der Waals surface area contributed by atoms with Gasteiger partial charge in [0.2, 0.25) is 0 Å². The molecule has 0 spiro atoms. The van der Waals surface area contributed by atoms with Crippen molar-refractivity contribution in [3.8, 4) is 5.75 Å². The maximum atomic E-state index is 13.0. The molecule has 0 fully saturated rings. The predicted molar refractivity (Wildman–Crippen MR) is 126 cm³/mol. The first-order valence-corrected chi connectivity index (χ1v) is 11.5. The van der Waals surface area contributed by atoms with E-state index in [1.54, 1.807) is 34.9 Å². The molecule has 0 saturated heterocycles. The van der Waals surface area contributed by atoms with E-state index in [1.165, 1.54) is 0 Å². The molecule has 0 radical (unpaired) electrons. The van der Waals surface area contributed by atoms with Gasteiger partial charge in [0.25, 0.3) is 5.91 Å². The van der Waals surface area contributed by atoms with Crippen LogP contribution in [0.3, 0.4) is 0 Å². The van der Waals surface area contributed by atoms with Crippen molar-refractivity contribution in [1.29, 1.82) is 0 Å². The third-order valence-electron chi connectivity index (χ3n) is 4.71. The number of amides is 1. The fraction of sp³-hybridized carbons (Fsp3) is 0.167. The van der Waals surface area contributed by atoms with Crippen LogP contribution in [0.25, 0.3) is 0 Å². The van der Waals surface area contributed by atoms with Gasteiger partial charge >= 0.3 is 5.97 Å². The molecule has 1 aliphatic heterocycles. The van der Waals surface area contributed by atoms with Crippen LogP contribution in [0.2, 0.25) is 10.0 Å². The molecular weight excluding hydrogens is 469 g/mol. The number of esters is 1. The van der Waals surface area contributed by atoms with Crippen molar-refractivity contribution in [3.63, 3.8) is 0 Å². The Hall–Kier alpha value is -2.67. The summed E-state index contributed by atoms with van der Waals surface area (Å²) in [5, 5.41) is 0.930. The van der Waals surface area contributed by atoms with Crippen molar-refractivity contribution in [2.75, 3.05) is 18.1 Å². The number of ether oxygens (including phenoxy) is 2. The Balaban J connectivity index is 1.31. The molecule has 3 aromatic carbocycles. The normalized spacial score (nSPS) is 12.0. The molecule has 8 heteroatoms. The van der Waals surface area contributed by atoms with Crippen molar-refractivity contribution in [1.82, 2.24) is 0 Å². The van der Waals surface area contributed by atoms with Crippen LogP contribution in [-0.4, -0.2) is 25.1 Å². The van der Waals surface area contributed by atoms with Gasteiger partial charge in [0.05, 0.1) is 23.0 Å². The van der Waals surface area contributed by atoms with Crippen molar-refractivity contribution < 1.29 is 19.1 Å². The van der Waals surface area contributed by atoms with Crippen LogP contribution < -0.4 is 9.64 Å². The van der Waals surface area contributed by atoms with E-state index in [2.05, 4.69) is 0 Å². The Kier molecular flexibility index (Phi) is 7.25. The minimum absolute atomic E-state index is 0.127. The number of halogens is 2. The molecule has 32 heavy (non-hydrogen) atoms. The van der Waals surface area contributed by atoms with Crippen molar-refractivity contribution in [2.24, 2.45) is 0 Å². The lowest BCUT2D eigenvalue weighted by Crippen LogP contribution is -2.32. The molecule has 1 amide bonds. The third-order valence-corrected chi connectivity index (χ3v) is 6.38. The molecule has 164 valence electrons. The summed E-state index contributed by atoms with van der Waals surface area (Å²) < 4.78 is 10.8. The van der Waals surface area contributed by atoms with E-state index in [4.69, 9.17) is 32.7 Å². The minimum atomic E-state index is -0.461. The number of fused-ring (bicyclic) bond motifs is 2. The summed E-state index contributed by atoms with van der Waals surface area (Å²) in [5.74, 6) is -0.264. The Labute approximate surface area is 200 Å². The highest BCUT2D eigenvalue weighted by molar-refractivity contribution is 7.99. The van der Waals surface area contributed by atoms with Gasteiger partial charge in [-0.05, 0) is 48.9 Å². The molecule has 0 unspecified atom stereocenters. The van der Waals surface area contributed by atoms with Crippen molar-refractivity contribution >= 4 is 58.2 Å². The number of para-hydroxylation sites is 2. The van der Waals surface area contributed by atoms with Crippen molar-refractivity contribution in [3.05, 3.63) is 76.8 Å². The quantitative estimate of drug-likeness (QED) is 0.280. The van der Waals surface area contributed by atoms with Crippen LogP contribution >= 0.6 is 35.0 Å². The summed E-state index contributed by atoms with van der Waals surface area (Å²) in [4.78, 5) is 28.7. The minimum Gasteiger partial charge on any atom is -0.492 e. The zero-order valence-corrected chi connectivity index (χ0v) is 19.3. The molecule has 0 aromatic heterocycles. The summed E-state index contributed by atoms with van der Waals surface area (Å²) in [6.07, 6.45) is 0.555. The molecule has 3 aromatic rings. The average Bonchev–Trinajstić information content (AvgIpc) is 2.79. The molecule has 0 saturated carbocycles. The van der Waals surface area contributed by atoms with Gasteiger partial charge in [-0.25, -0.2) is 0 Å². The van der Waals surface area contributed by atoms with Crippen LogP contribution in [-0.2, 0) is 14.3 Å². The summed E-state index contributed by atoms with van der Waals surface area (Å²) in [6, 6.07) is 20.3. The van der Waals surface area contributed by atoms with Gasteiger partial charge in [-0.2, -0.15) is 0 Å².